The van der Waals surface area contributed by atoms with Gasteiger partial charge in [-0.15, -0.1) is 0 Å². The normalized spacial score (nSPS) is 11.5. The van der Waals surface area contributed by atoms with Gasteiger partial charge in [-0.2, -0.15) is 0 Å². The van der Waals surface area contributed by atoms with E-state index in [0.29, 0.717) is 0 Å². The third-order valence-corrected chi connectivity index (χ3v) is 1.61. The van der Waals surface area contributed by atoms with Crippen molar-refractivity contribution in [2.75, 3.05) is 0 Å². The number of hydrogen-bond acceptors (Lipinski definition) is 2. The highest BCUT2D eigenvalue weighted by Gasteiger charge is 2.05. The minimum Gasteiger partial charge on any atom is -0.259 e. The molecule has 0 amide bonds. The quantitative estimate of drug-likeness (QED) is 0.542. The molecule has 74 valence electrons. The van der Waals surface area contributed by atoms with Crippen LogP contribution in [-0.4, -0.2) is 4.92 Å². The van der Waals surface area contributed by atoms with Crippen LogP contribution in [0.2, 0.25) is 0 Å². The van der Waals surface area contributed by atoms with E-state index in [1.807, 2.05) is 0 Å². The molecule has 0 bridgehead atoms. The Labute approximate surface area is 78.8 Å². The molecule has 0 aromatic heterocycles. The maximum Gasteiger partial charge on any atom is 0.243 e. The van der Waals surface area contributed by atoms with Gasteiger partial charge >= 0.3 is 0 Å². The topological polar surface area (TPSA) is 43.1 Å². The highest BCUT2D eigenvalue weighted by Crippen LogP contribution is 2.12. The lowest BCUT2D eigenvalue weighted by atomic mass is 10.2. The van der Waals surface area contributed by atoms with E-state index in [1.54, 1.807) is 0 Å². The molecule has 0 atom stereocenters. The predicted octanol–water partition coefficient (Wildman–Crippen LogP) is 2.60. The summed E-state index contributed by atoms with van der Waals surface area (Å²) in [5, 5.41) is 10.2. The highest BCUT2D eigenvalue weighted by molar-refractivity contribution is 5.50. The third kappa shape index (κ3) is 2.35. The molecule has 3 nitrogen and oxygen atoms in total. The second-order valence-electron chi connectivity index (χ2n) is 2.72. The van der Waals surface area contributed by atoms with E-state index in [0.717, 1.165) is 12.1 Å². The fourth-order valence-electron chi connectivity index (χ4n) is 0.896. The summed E-state index contributed by atoms with van der Waals surface area (Å²) in [5.41, 5.74) is 0.133. The number of halogens is 2. The smallest absolute Gasteiger partial charge is 0.243 e. The zero-order valence-corrected chi connectivity index (χ0v) is 7.33. The van der Waals surface area contributed by atoms with Crippen LogP contribution in [0.3, 0.4) is 0 Å². The van der Waals surface area contributed by atoms with Crippen LogP contribution in [0.15, 0.2) is 23.9 Å². The Morgan fingerprint density at radius 2 is 2.07 bits per heavy atom. The molecule has 0 aliphatic carbocycles. The molecule has 14 heavy (non-hydrogen) atoms. The molecule has 1 aromatic carbocycles. The van der Waals surface area contributed by atoms with Gasteiger partial charge in [-0.25, -0.2) is 8.78 Å². The van der Waals surface area contributed by atoms with Gasteiger partial charge in [-0.1, -0.05) is 6.07 Å². The monoisotopic (exact) mass is 199 g/mol. The van der Waals surface area contributed by atoms with Crippen molar-refractivity contribution in [2.45, 2.75) is 6.92 Å². The van der Waals surface area contributed by atoms with Crippen LogP contribution in [0, 0.1) is 21.7 Å². The summed E-state index contributed by atoms with van der Waals surface area (Å²) in [4.78, 5) is 9.63. The van der Waals surface area contributed by atoms with E-state index >= 15 is 0 Å². The number of hydrogen-bond donors (Lipinski definition) is 0. The molecule has 0 heterocycles. The number of allylic oxidation sites excluding steroid dienone is 1. The summed E-state index contributed by atoms with van der Waals surface area (Å²) in [6.07, 6.45) is 1.17. The fraction of sp³-hybridized carbons (Fsp3) is 0.111. The van der Waals surface area contributed by atoms with Crippen LogP contribution in [0.4, 0.5) is 8.78 Å². The Hall–Kier alpha value is -1.78. The van der Waals surface area contributed by atoms with Gasteiger partial charge in [0, 0.05) is 13.0 Å². The molecule has 0 spiro atoms. The maximum absolute atomic E-state index is 12.7. The Morgan fingerprint density at radius 3 is 2.57 bits per heavy atom. The first-order valence-electron chi connectivity index (χ1n) is 3.78. The number of nitro groups is 1. The second kappa shape index (κ2) is 3.95. The van der Waals surface area contributed by atoms with Gasteiger partial charge in [0.25, 0.3) is 0 Å². The molecule has 1 rings (SSSR count). The molecule has 0 saturated heterocycles. The molecule has 1 aromatic rings. The summed E-state index contributed by atoms with van der Waals surface area (Å²) in [7, 11) is 0. The SMILES string of the molecule is C/C(=C\c1ccc(F)c(F)c1)[N+](=O)[O-]. The summed E-state index contributed by atoms with van der Waals surface area (Å²) in [6.45, 7) is 1.28. The minimum absolute atomic E-state index is 0.129. The lowest BCUT2D eigenvalue weighted by molar-refractivity contribution is -0.422. The van der Waals surface area contributed by atoms with Crippen molar-refractivity contribution < 1.29 is 13.7 Å². The minimum atomic E-state index is -1.02. The molecule has 0 radical (unpaired) electrons. The van der Waals surface area contributed by atoms with Crippen molar-refractivity contribution in [3.05, 3.63) is 51.2 Å². The Balaban J connectivity index is 3.04. The predicted molar refractivity (Wildman–Crippen MR) is 47.0 cm³/mol. The molecular formula is C9H7F2NO2. The van der Waals surface area contributed by atoms with Crippen LogP contribution in [0.25, 0.3) is 6.08 Å². The van der Waals surface area contributed by atoms with Crippen LogP contribution in [0.1, 0.15) is 12.5 Å². The van der Waals surface area contributed by atoms with E-state index in [-0.39, 0.29) is 11.3 Å². The van der Waals surface area contributed by atoms with Gasteiger partial charge < -0.3 is 0 Å². The lowest BCUT2D eigenvalue weighted by Gasteiger charge is -1.95. The van der Waals surface area contributed by atoms with E-state index in [9.17, 15) is 18.9 Å². The first-order valence-corrected chi connectivity index (χ1v) is 3.78. The largest absolute Gasteiger partial charge is 0.259 e. The van der Waals surface area contributed by atoms with Crippen molar-refractivity contribution in [3.8, 4) is 0 Å². The molecule has 0 saturated carbocycles. The van der Waals surface area contributed by atoms with Crippen LogP contribution < -0.4 is 0 Å². The Bertz CT molecular complexity index is 402. The second-order valence-corrected chi connectivity index (χ2v) is 2.72. The van der Waals surface area contributed by atoms with Crippen LogP contribution >= 0.6 is 0 Å². The first-order chi connectivity index (χ1) is 6.50. The van der Waals surface area contributed by atoms with E-state index in [4.69, 9.17) is 0 Å². The summed E-state index contributed by atoms with van der Waals surface area (Å²) >= 11 is 0. The van der Waals surface area contributed by atoms with E-state index in [2.05, 4.69) is 0 Å². The van der Waals surface area contributed by atoms with Crippen molar-refractivity contribution in [3.63, 3.8) is 0 Å². The summed E-state index contributed by atoms with van der Waals surface area (Å²) < 4.78 is 25.1. The average Bonchev–Trinajstić information content (AvgIpc) is 2.11. The highest BCUT2D eigenvalue weighted by atomic mass is 19.2. The summed E-state index contributed by atoms with van der Waals surface area (Å²) in [5.74, 6) is -1.99. The molecule has 0 aliphatic rings. The van der Waals surface area contributed by atoms with Gasteiger partial charge in [0.2, 0.25) is 5.70 Å². The number of rotatable bonds is 2. The van der Waals surface area contributed by atoms with Crippen LogP contribution in [-0.2, 0) is 0 Å². The van der Waals surface area contributed by atoms with Gasteiger partial charge in [0.15, 0.2) is 11.6 Å². The zero-order valence-electron chi connectivity index (χ0n) is 7.33. The number of benzene rings is 1. The van der Waals surface area contributed by atoms with Gasteiger partial charge in [0.1, 0.15) is 0 Å². The molecule has 0 unspecified atom stereocenters. The number of nitrogens with zero attached hydrogens (tertiary/aromatic N) is 1. The Morgan fingerprint density at radius 1 is 1.43 bits per heavy atom. The van der Waals surface area contributed by atoms with Gasteiger partial charge in [0.05, 0.1) is 4.92 Å². The zero-order chi connectivity index (χ0) is 10.7. The van der Waals surface area contributed by atoms with Crippen molar-refractivity contribution in [2.24, 2.45) is 0 Å². The molecular weight excluding hydrogens is 192 g/mol. The average molecular weight is 199 g/mol. The van der Waals surface area contributed by atoms with Gasteiger partial charge in [-0.05, 0) is 17.7 Å². The van der Waals surface area contributed by atoms with Crippen molar-refractivity contribution in [1.29, 1.82) is 0 Å². The third-order valence-electron chi connectivity index (χ3n) is 1.61. The van der Waals surface area contributed by atoms with Gasteiger partial charge in [-0.3, -0.25) is 10.1 Å². The Kier molecular flexibility index (Phi) is 2.91. The standard InChI is InChI=1S/C9H7F2NO2/c1-6(12(13)14)4-7-2-3-8(10)9(11)5-7/h2-5H,1H3/b6-4+. The van der Waals surface area contributed by atoms with E-state index < -0.39 is 16.6 Å². The maximum atomic E-state index is 12.7. The lowest BCUT2D eigenvalue weighted by Crippen LogP contribution is -1.93. The molecule has 0 aliphatic heterocycles. The van der Waals surface area contributed by atoms with Crippen molar-refractivity contribution >= 4 is 6.08 Å². The fourth-order valence-corrected chi connectivity index (χ4v) is 0.896. The summed E-state index contributed by atoms with van der Waals surface area (Å²) in [6, 6.07) is 3.10. The molecule has 0 fully saturated rings. The van der Waals surface area contributed by atoms with Crippen LogP contribution in [0.5, 0.6) is 0 Å². The first kappa shape index (κ1) is 10.3. The van der Waals surface area contributed by atoms with Crippen molar-refractivity contribution in [1.82, 2.24) is 0 Å². The van der Waals surface area contributed by atoms with E-state index in [1.165, 1.54) is 19.1 Å². The molecule has 0 N–H and O–H groups in total. The molecule has 5 heteroatoms.